The second-order valence-corrected chi connectivity index (χ2v) is 6.04. The van der Waals surface area contributed by atoms with E-state index in [4.69, 9.17) is 17.3 Å². The zero-order chi connectivity index (χ0) is 16.4. The zero-order valence-electron chi connectivity index (χ0n) is 13.1. The minimum Gasteiger partial charge on any atom is -0.398 e. The van der Waals surface area contributed by atoms with Crippen molar-refractivity contribution in [3.05, 3.63) is 76.5 Å². The molecule has 2 N–H and O–H groups in total. The summed E-state index contributed by atoms with van der Waals surface area (Å²) in [6.07, 6.45) is 5.54. The van der Waals surface area contributed by atoms with Gasteiger partial charge in [-0.05, 0) is 65.4 Å². The molecule has 0 unspecified atom stereocenters. The Hall–Kier alpha value is -2.32. The molecule has 0 radical (unpaired) electrons. The maximum Gasteiger partial charge on any atom is 0.0708 e. The molecule has 3 rings (SSSR count). The van der Waals surface area contributed by atoms with Crippen molar-refractivity contribution in [2.45, 2.75) is 19.8 Å². The Bertz CT molecular complexity index is 884. The standard InChI is InChI=1S/C20H19ClN2/c1-3-14-11-17-16(7-8-23-20(17)12-15(14)4-2)9-13-5-6-19(22)18(21)10-13/h3,5-8,10-12H,1,4,9,22H2,2H3. The molecule has 3 heteroatoms. The van der Waals surface area contributed by atoms with Crippen LogP contribution in [0.5, 0.6) is 0 Å². The highest BCUT2D eigenvalue weighted by atomic mass is 35.5. The molecule has 0 amide bonds. The zero-order valence-corrected chi connectivity index (χ0v) is 13.9. The van der Waals surface area contributed by atoms with E-state index in [-0.39, 0.29) is 0 Å². The number of aromatic nitrogens is 1. The molecule has 2 aromatic carbocycles. The van der Waals surface area contributed by atoms with E-state index in [0.717, 1.165) is 29.3 Å². The van der Waals surface area contributed by atoms with Gasteiger partial charge in [0.15, 0.2) is 0 Å². The van der Waals surface area contributed by atoms with Crippen LogP contribution in [0.4, 0.5) is 5.69 Å². The quantitative estimate of drug-likeness (QED) is 0.665. The van der Waals surface area contributed by atoms with E-state index in [2.05, 4.69) is 36.7 Å². The predicted octanol–water partition coefficient (Wildman–Crippen LogP) is 5.27. The molecule has 0 fully saturated rings. The Labute approximate surface area is 141 Å². The Morgan fingerprint density at radius 3 is 2.70 bits per heavy atom. The van der Waals surface area contributed by atoms with Crippen molar-refractivity contribution in [2.75, 3.05) is 5.73 Å². The summed E-state index contributed by atoms with van der Waals surface area (Å²) in [6, 6.07) is 12.2. The molecule has 23 heavy (non-hydrogen) atoms. The van der Waals surface area contributed by atoms with E-state index in [1.54, 1.807) is 0 Å². The predicted molar refractivity (Wildman–Crippen MR) is 99.9 cm³/mol. The normalized spacial score (nSPS) is 10.9. The second-order valence-electron chi connectivity index (χ2n) is 5.63. The van der Waals surface area contributed by atoms with Crippen LogP contribution in [0.15, 0.2) is 49.2 Å². The van der Waals surface area contributed by atoms with Gasteiger partial charge in [0, 0.05) is 11.6 Å². The molecule has 2 nitrogen and oxygen atoms in total. The summed E-state index contributed by atoms with van der Waals surface area (Å²) in [5.41, 5.74) is 12.2. The number of fused-ring (bicyclic) bond motifs is 1. The average Bonchev–Trinajstić information content (AvgIpc) is 2.57. The van der Waals surface area contributed by atoms with Gasteiger partial charge in [-0.3, -0.25) is 4.98 Å². The lowest BCUT2D eigenvalue weighted by molar-refractivity contribution is 1.13. The smallest absolute Gasteiger partial charge is 0.0708 e. The third kappa shape index (κ3) is 3.08. The van der Waals surface area contributed by atoms with Crippen molar-refractivity contribution in [1.82, 2.24) is 4.98 Å². The SMILES string of the molecule is C=Cc1cc2c(Cc3ccc(N)c(Cl)c3)ccnc2cc1CC. The van der Waals surface area contributed by atoms with E-state index in [9.17, 15) is 0 Å². The first-order chi connectivity index (χ1) is 11.1. The van der Waals surface area contributed by atoms with Gasteiger partial charge in [-0.2, -0.15) is 0 Å². The largest absolute Gasteiger partial charge is 0.398 e. The first-order valence-corrected chi connectivity index (χ1v) is 8.07. The van der Waals surface area contributed by atoms with E-state index < -0.39 is 0 Å². The van der Waals surface area contributed by atoms with Gasteiger partial charge in [0.25, 0.3) is 0 Å². The third-order valence-corrected chi connectivity index (χ3v) is 4.48. The van der Waals surface area contributed by atoms with Crippen molar-refractivity contribution in [1.29, 1.82) is 0 Å². The number of benzene rings is 2. The van der Waals surface area contributed by atoms with Crippen LogP contribution in [0.2, 0.25) is 5.02 Å². The number of hydrogen-bond acceptors (Lipinski definition) is 2. The first kappa shape index (κ1) is 15.6. The lowest BCUT2D eigenvalue weighted by Crippen LogP contribution is -1.95. The van der Waals surface area contributed by atoms with Gasteiger partial charge in [-0.25, -0.2) is 0 Å². The Morgan fingerprint density at radius 2 is 2.00 bits per heavy atom. The first-order valence-electron chi connectivity index (χ1n) is 7.69. The molecule has 0 aliphatic carbocycles. The van der Waals surface area contributed by atoms with E-state index >= 15 is 0 Å². The second kappa shape index (κ2) is 6.43. The third-order valence-electron chi connectivity index (χ3n) is 4.15. The van der Waals surface area contributed by atoms with Crippen LogP contribution in [-0.2, 0) is 12.8 Å². The summed E-state index contributed by atoms with van der Waals surface area (Å²) in [7, 11) is 0. The molecular formula is C20H19ClN2. The summed E-state index contributed by atoms with van der Waals surface area (Å²) in [6.45, 7) is 6.08. The minimum absolute atomic E-state index is 0.598. The van der Waals surface area contributed by atoms with Gasteiger partial charge in [0.05, 0.1) is 16.2 Å². The molecule has 0 saturated heterocycles. The van der Waals surface area contributed by atoms with Crippen LogP contribution in [0, 0.1) is 0 Å². The average molecular weight is 323 g/mol. The lowest BCUT2D eigenvalue weighted by Gasteiger charge is -2.11. The summed E-state index contributed by atoms with van der Waals surface area (Å²) in [4.78, 5) is 4.52. The Balaban J connectivity index is 2.09. The number of rotatable bonds is 4. The van der Waals surface area contributed by atoms with Gasteiger partial charge in [0.1, 0.15) is 0 Å². The molecule has 116 valence electrons. The number of nitrogens with zero attached hydrogens (tertiary/aromatic N) is 1. The highest BCUT2D eigenvalue weighted by molar-refractivity contribution is 6.33. The van der Waals surface area contributed by atoms with Crippen molar-refractivity contribution in [3.63, 3.8) is 0 Å². The van der Waals surface area contributed by atoms with Crippen molar-refractivity contribution in [2.24, 2.45) is 0 Å². The maximum absolute atomic E-state index is 6.13. The van der Waals surface area contributed by atoms with Crippen molar-refractivity contribution in [3.8, 4) is 0 Å². The fraction of sp³-hybridized carbons (Fsp3) is 0.150. The number of aryl methyl sites for hydroxylation is 1. The summed E-state index contributed by atoms with van der Waals surface area (Å²) >= 11 is 6.13. The molecule has 0 bridgehead atoms. The van der Waals surface area contributed by atoms with Crippen LogP contribution >= 0.6 is 11.6 Å². The van der Waals surface area contributed by atoms with E-state index in [0.29, 0.717) is 10.7 Å². The molecule has 0 saturated carbocycles. The molecule has 0 aliphatic rings. The lowest BCUT2D eigenvalue weighted by atomic mass is 9.96. The summed E-state index contributed by atoms with van der Waals surface area (Å²) < 4.78 is 0. The topological polar surface area (TPSA) is 38.9 Å². The van der Waals surface area contributed by atoms with Crippen LogP contribution in [0.3, 0.4) is 0 Å². The van der Waals surface area contributed by atoms with Crippen molar-refractivity contribution < 1.29 is 0 Å². The van der Waals surface area contributed by atoms with Gasteiger partial charge >= 0.3 is 0 Å². The summed E-state index contributed by atoms with van der Waals surface area (Å²) in [5, 5.41) is 1.76. The number of nitrogen functional groups attached to an aromatic ring is 1. The van der Waals surface area contributed by atoms with Crippen LogP contribution in [0.25, 0.3) is 17.0 Å². The Kier molecular flexibility index (Phi) is 4.35. The highest BCUT2D eigenvalue weighted by Crippen LogP contribution is 2.26. The molecular weight excluding hydrogens is 304 g/mol. The van der Waals surface area contributed by atoms with Crippen LogP contribution in [-0.4, -0.2) is 4.98 Å². The van der Waals surface area contributed by atoms with Gasteiger partial charge < -0.3 is 5.73 Å². The van der Waals surface area contributed by atoms with Crippen molar-refractivity contribution >= 4 is 34.3 Å². The summed E-state index contributed by atoms with van der Waals surface area (Å²) in [5.74, 6) is 0. The van der Waals surface area contributed by atoms with E-state index in [1.807, 2.05) is 30.5 Å². The fourth-order valence-electron chi connectivity index (χ4n) is 2.86. The molecule has 0 aliphatic heterocycles. The van der Waals surface area contributed by atoms with Crippen LogP contribution < -0.4 is 5.73 Å². The molecule has 1 aromatic heterocycles. The minimum atomic E-state index is 0.598. The Morgan fingerprint density at radius 1 is 1.17 bits per heavy atom. The molecule has 0 spiro atoms. The van der Waals surface area contributed by atoms with Gasteiger partial charge in [-0.15, -0.1) is 0 Å². The van der Waals surface area contributed by atoms with Crippen LogP contribution in [0.1, 0.15) is 29.2 Å². The molecule has 1 heterocycles. The number of pyridine rings is 1. The maximum atomic E-state index is 6.13. The number of anilines is 1. The monoisotopic (exact) mass is 322 g/mol. The van der Waals surface area contributed by atoms with E-state index in [1.165, 1.54) is 16.7 Å². The van der Waals surface area contributed by atoms with Gasteiger partial charge in [0.2, 0.25) is 0 Å². The van der Waals surface area contributed by atoms with Gasteiger partial charge in [-0.1, -0.05) is 37.2 Å². The highest BCUT2D eigenvalue weighted by Gasteiger charge is 2.08. The molecule has 0 atom stereocenters. The molecule has 3 aromatic rings. The number of nitrogens with two attached hydrogens (primary N) is 1. The number of hydrogen-bond donors (Lipinski definition) is 1. The number of halogens is 1. The fourth-order valence-corrected chi connectivity index (χ4v) is 3.06.